The first-order valence-corrected chi connectivity index (χ1v) is 9.10. The lowest BCUT2D eigenvalue weighted by Gasteiger charge is -2.34. The van der Waals surface area contributed by atoms with Gasteiger partial charge in [0.2, 0.25) is 0 Å². The first-order valence-electron chi connectivity index (χ1n) is 9.10. The van der Waals surface area contributed by atoms with Gasteiger partial charge in [-0.3, -0.25) is 4.90 Å². The molecule has 6 heteroatoms. The van der Waals surface area contributed by atoms with Crippen molar-refractivity contribution >= 4 is 12.0 Å². The molecule has 2 atom stereocenters. The molecule has 2 heterocycles. The van der Waals surface area contributed by atoms with Crippen molar-refractivity contribution in [2.75, 3.05) is 26.2 Å². The highest BCUT2D eigenvalue weighted by atomic mass is 16.5. The lowest BCUT2D eigenvalue weighted by atomic mass is 9.95. The van der Waals surface area contributed by atoms with Gasteiger partial charge >= 0.3 is 12.0 Å². The Kier molecular flexibility index (Phi) is 6.66. The van der Waals surface area contributed by atoms with Crippen LogP contribution in [0.15, 0.2) is 11.3 Å². The van der Waals surface area contributed by atoms with E-state index >= 15 is 0 Å². The fourth-order valence-corrected chi connectivity index (χ4v) is 3.57. The van der Waals surface area contributed by atoms with Gasteiger partial charge in [-0.1, -0.05) is 20.8 Å². The van der Waals surface area contributed by atoms with Crippen LogP contribution in [0.2, 0.25) is 0 Å². The molecule has 1 fully saturated rings. The molecule has 136 valence electrons. The number of amides is 2. The Balaban J connectivity index is 2.21. The van der Waals surface area contributed by atoms with Gasteiger partial charge in [-0.05, 0) is 44.6 Å². The lowest BCUT2D eigenvalue weighted by molar-refractivity contribution is -0.138. The molecule has 2 amide bonds. The number of carbonyl (C=O) groups is 2. The summed E-state index contributed by atoms with van der Waals surface area (Å²) >= 11 is 0. The number of carbonyl (C=O) groups excluding carboxylic acids is 2. The quantitative estimate of drug-likeness (QED) is 0.755. The van der Waals surface area contributed by atoms with Gasteiger partial charge in [0.15, 0.2) is 0 Å². The lowest BCUT2D eigenvalue weighted by Crippen LogP contribution is -2.49. The first kappa shape index (κ1) is 18.8. The molecular weight excluding hydrogens is 306 g/mol. The van der Waals surface area contributed by atoms with Crippen LogP contribution in [0.25, 0.3) is 0 Å². The van der Waals surface area contributed by atoms with Crippen molar-refractivity contribution in [1.82, 2.24) is 15.5 Å². The van der Waals surface area contributed by atoms with Gasteiger partial charge in [0.1, 0.15) is 0 Å². The van der Waals surface area contributed by atoms with E-state index < -0.39 is 0 Å². The Morgan fingerprint density at radius 3 is 2.75 bits per heavy atom. The van der Waals surface area contributed by atoms with Crippen LogP contribution >= 0.6 is 0 Å². The zero-order valence-electron chi connectivity index (χ0n) is 15.4. The smallest absolute Gasteiger partial charge is 0.337 e. The van der Waals surface area contributed by atoms with Gasteiger partial charge in [-0.15, -0.1) is 0 Å². The van der Waals surface area contributed by atoms with Gasteiger partial charge in [0.05, 0.1) is 18.7 Å². The van der Waals surface area contributed by atoms with Crippen molar-refractivity contribution in [1.29, 1.82) is 0 Å². The number of hydrogen-bond donors (Lipinski definition) is 2. The van der Waals surface area contributed by atoms with E-state index in [-0.39, 0.29) is 18.5 Å². The summed E-state index contributed by atoms with van der Waals surface area (Å²) in [6.07, 6.45) is 3.54. The van der Waals surface area contributed by atoms with Crippen molar-refractivity contribution in [3.05, 3.63) is 11.3 Å². The van der Waals surface area contributed by atoms with Crippen LogP contribution < -0.4 is 10.6 Å². The Labute approximate surface area is 145 Å². The third-order valence-corrected chi connectivity index (χ3v) is 5.04. The van der Waals surface area contributed by atoms with Crippen LogP contribution in [-0.2, 0) is 9.53 Å². The van der Waals surface area contributed by atoms with Crippen molar-refractivity contribution in [3.8, 4) is 0 Å². The van der Waals surface area contributed by atoms with Gasteiger partial charge in [0.25, 0.3) is 0 Å². The summed E-state index contributed by atoms with van der Waals surface area (Å²) in [6, 6.07) is 0.222. The average Bonchev–Trinajstić information content (AvgIpc) is 2.70. The second kappa shape index (κ2) is 8.51. The molecule has 0 saturated carbocycles. The van der Waals surface area contributed by atoms with Gasteiger partial charge in [-0.25, -0.2) is 9.59 Å². The summed E-state index contributed by atoms with van der Waals surface area (Å²) < 4.78 is 5.15. The number of rotatable bonds is 5. The predicted molar refractivity (Wildman–Crippen MR) is 93.4 cm³/mol. The van der Waals surface area contributed by atoms with Crippen molar-refractivity contribution in [2.24, 2.45) is 11.8 Å². The van der Waals surface area contributed by atoms with E-state index in [0.717, 1.165) is 25.3 Å². The standard InChI is InChI=1S/C18H31N3O3/c1-5-24-17(22)14-10-19-18(23)20-15(14)11-21-9-8-13(4)6-7-16(21)12(2)3/h12-13,16H,5-11H2,1-4H3,(H2,19,20,23). The van der Waals surface area contributed by atoms with Crippen LogP contribution in [0.1, 0.15) is 47.0 Å². The second-order valence-corrected chi connectivity index (χ2v) is 7.24. The molecule has 0 aromatic heterocycles. The number of likely N-dealkylation sites (tertiary alicyclic amines) is 1. The number of esters is 1. The maximum atomic E-state index is 12.2. The van der Waals surface area contributed by atoms with Gasteiger partial charge in [-0.2, -0.15) is 0 Å². The Bertz CT molecular complexity index is 502. The van der Waals surface area contributed by atoms with Crippen LogP contribution in [0.4, 0.5) is 4.79 Å². The van der Waals surface area contributed by atoms with Crippen LogP contribution in [0, 0.1) is 11.8 Å². The molecular formula is C18H31N3O3. The van der Waals surface area contributed by atoms with E-state index in [4.69, 9.17) is 4.74 Å². The molecule has 2 aliphatic rings. The molecule has 6 nitrogen and oxygen atoms in total. The molecule has 0 radical (unpaired) electrons. The average molecular weight is 337 g/mol. The molecule has 0 spiro atoms. The monoisotopic (exact) mass is 337 g/mol. The number of nitrogens with zero attached hydrogens (tertiary/aromatic N) is 1. The minimum Gasteiger partial charge on any atom is -0.463 e. The third kappa shape index (κ3) is 4.72. The minimum atomic E-state index is -0.343. The molecule has 2 aliphatic heterocycles. The fourth-order valence-electron chi connectivity index (χ4n) is 3.57. The van der Waals surface area contributed by atoms with E-state index in [9.17, 15) is 9.59 Å². The molecule has 0 aromatic rings. The highest BCUT2D eigenvalue weighted by Gasteiger charge is 2.30. The second-order valence-electron chi connectivity index (χ2n) is 7.24. The highest BCUT2D eigenvalue weighted by molar-refractivity contribution is 5.93. The number of ether oxygens (including phenoxy) is 1. The van der Waals surface area contributed by atoms with Crippen LogP contribution in [0.3, 0.4) is 0 Å². The maximum Gasteiger partial charge on any atom is 0.337 e. The molecule has 2 rings (SSSR count). The molecule has 0 bridgehead atoms. The van der Waals surface area contributed by atoms with E-state index in [1.807, 2.05) is 0 Å². The fraction of sp³-hybridized carbons (Fsp3) is 0.778. The SMILES string of the molecule is CCOC(=O)C1=C(CN2CCC(C)CCC2C(C)C)NC(=O)NC1. The van der Waals surface area contributed by atoms with E-state index in [1.165, 1.54) is 6.42 Å². The first-order chi connectivity index (χ1) is 11.4. The predicted octanol–water partition coefficient (Wildman–Crippen LogP) is 2.26. The Morgan fingerprint density at radius 1 is 1.33 bits per heavy atom. The molecule has 1 saturated heterocycles. The summed E-state index contributed by atoms with van der Waals surface area (Å²) in [5.74, 6) is 0.918. The van der Waals surface area contributed by atoms with Crippen LogP contribution in [-0.4, -0.2) is 49.2 Å². The summed E-state index contributed by atoms with van der Waals surface area (Å²) in [5.41, 5.74) is 1.23. The molecule has 2 N–H and O–H groups in total. The normalized spacial score (nSPS) is 26.0. The molecule has 0 aromatic carbocycles. The van der Waals surface area contributed by atoms with Crippen molar-refractivity contribution < 1.29 is 14.3 Å². The number of nitrogens with one attached hydrogen (secondary N) is 2. The summed E-state index contributed by atoms with van der Waals surface area (Å²) in [4.78, 5) is 26.4. The minimum absolute atomic E-state index is 0.233. The van der Waals surface area contributed by atoms with E-state index in [0.29, 0.717) is 36.4 Å². The van der Waals surface area contributed by atoms with Crippen molar-refractivity contribution in [3.63, 3.8) is 0 Å². The molecule has 24 heavy (non-hydrogen) atoms. The third-order valence-electron chi connectivity index (χ3n) is 5.04. The van der Waals surface area contributed by atoms with Crippen molar-refractivity contribution in [2.45, 2.75) is 53.0 Å². The summed E-state index contributed by atoms with van der Waals surface area (Å²) in [6.45, 7) is 10.7. The van der Waals surface area contributed by atoms with E-state index in [2.05, 4.69) is 36.3 Å². The Hall–Kier alpha value is -1.56. The number of urea groups is 1. The zero-order chi connectivity index (χ0) is 17.7. The van der Waals surface area contributed by atoms with Crippen LogP contribution in [0.5, 0.6) is 0 Å². The topological polar surface area (TPSA) is 70.7 Å². The zero-order valence-corrected chi connectivity index (χ0v) is 15.4. The Morgan fingerprint density at radius 2 is 2.08 bits per heavy atom. The highest BCUT2D eigenvalue weighted by Crippen LogP contribution is 2.27. The largest absolute Gasteiger partial charge is 0.463 e. The summed E-state index contributed by atoms with van der Waals surface area (Å²) in [7, 11) is 0. The summed E-state index contributed by atoms with van der Waals surface area (Å²) in [5, 5.41) is 5.50. The molecule has 2 unspecified atom stereocenters. The maximum absolute atomic E-state index is 12.2. The number of hydrogen-bond acceptors (Lipinski definition) is 4. The molecule has 0 aliphatic carbocycles. The van der Waals surface area contributed by atoms with E-state index in [1.54, 1.807) is 6.92 Å². The van der Waals surface area contributed by atoms with Gasteiger partial charge < -0.3 is 15.4 Å². The van der Waals surface area contributed by atoms with Gasteiger partial charge in [0, 0.05) is 18.3 Å².